The van der Waals surface area contributed by atoms with E-state index in [0.29, 0.717) is 43.2 Å². The van der Waals surface area contributed by atoms with Crippen LogP contribution >= 0.6 is 0 Å². The number of nitrogens with one attached hydrogen (secondary N) is 1. The first-order valence-electron chi connectivity index (χ1n) is 10.4. The SMILES string of the molecule is CC[C@@H]1C[C@H](C(F)(F)F)n2nc(C3CCN(C(=O)c4cc(C(C)C)on4)C3)cc2N1. The molecule has 2 aromatic rings. The molecule has 3 atom stereocenters. The zero-order chi connectivity index (χ0) is 21.6. The molecule has 0 bridgehead atoms. The molecule has 2 aromatic heterocycles. The van der Waals surface area contributed by atoms with Crippen LogP contribution in [0, 0.1) is 0 Å². The van der Waals surface area contributed by atoms with Crippen molar-refractivity contribution in [3.05, 3.63) is 29.3 Å². The lowest BCUT2D eigenvalue weighted by Gasteiger charge is -2.32. The van der Waals surface area contributed by atoms with Gasteiger partial charge in [0.15, 0.2) is 11.7 Å². The first-order chi connectivity index (χ1) is 14.2. The molecule has 1 unspecified atom stereocenters. The lowest BCUT2D eigenvalue weighted by atomic mass is 10.0. The Morgan fingerprint density at radius 3 is 2.77 bits per heavy atom. The van der Waals surface area contributed by atoms with Gasteiger partial charge in [-0.1, -0.05) is 25.9 Å². The normalized spacial score (nSPS) is 24.2. The second kappa shape index (κ2) is 7.63. The number of rotatable bonds is 4. The fourth-order valence-electron chi connectivity index (χ4n) is 4.15. The van der Waals surface area contributed by atoms with Crippen LogP contribution in [0.2, 0.25) is 0 Å². The first kappa shape index (κ1) is 20.7. The predicted octanol–water partition coefficient (Wildman–Crippen LogP) is 4.32. The molecule has 4 heterocycles. The van der Waals surface area contributed by atoms with Crippen LogP contribution < -0.4 is 5.32 Å². The number of aromatic nitrogens is 3. The van der Waals surface area contributed by atoms with Crippen molar-refractivity contribution in [2.24, 2.45) is 0 Å². The molecule has 0 aliphatic carbocycles. The number of hydrogen-bond donors (Lipinski definition) is 1. The number of fused-ring (bicyclic) bond motifs is 1. The molecule has 30 heavy (non-hydrogen) atoms. The van der Waals surface area contributed by atoms with Gasteiger partial charge in [0.2, 0.25) is 0 Å². The van der Waals surface area contributed by atoms with E-state index in [0.717, 1.165) is 4.68 Å². The van der Waals surface area contributed by atoms with E-state index in [9.17, 15) is 18.0 Å². The van der Waals surface area contributed by atoms with Crippen molar-refractivity contribution in [2.75, 3.05) is 18.4 Å². The van der Waals surface area contributed by atoms with Gasteiger partial charge < -0.3 is 14.7 Å². The van der Waals surface area contributed by atoms with Gasteiger partial charge in [-0.15, -0.1) is 0 Å². The summed E-state index contributed by atoms with van der Waals surface area (Å²) in [5.74, 6) is 0.830. The van der Waals surface area contributed by atoms with Gasteiger partial charge in [0.25, 0.3) is 5.91 Å². The number of hydrogen-bond acceptors (Lipinski definition) is 5. The van der Waals surface area contributed by atoms with Crippen LogP contribution in [0.15, 0.2) is 16.7 Å². The van der Waals surface area contributed by atoms with Gasteiger partial charge in [-0.2, -0.15) is 18.3 Å². The van der Waals surface area contributed by atoms with Gasteiger partial charge in [0, 0.05) is 43.1 Å². The lowest BCUT2D eigenvalue weighted by molar-refractivity contribution is -0.173. The van der Waals surface area contributed by atoms with Crippen molar-refractivity contribution in [2.45, 2.75) is 70.1 Å². The van der Waals surface area contributed by atoms with Crippen LogP contribution in [0.25, 0.3) is 0 Å². The van der Waals surface area contributed by atoms with Crippen molar-refractivity contribution in [1.82, 2.24) is 19.8 Å². The Morgan fingerprint density at radius 1 is 1.37 bits per heavy atom. The van der Waals surface area contributed by atoms with E-state index < -0.39 is 12.2 Å². The van der Waals surface area contributed by atoms with Gasteiger partial charge in [-0.3, -0.25) is 4.79 Å². The highest BCUT2D eigenvalue weighted by Gasteiger charge is 2.46. The molecule has 7 nitrogen and oxygen atoms in total. The van der Waals surface area contributed by atoms with Crippen molar-refractivity contribution in [3.8, 4) is 0 Å². The highest BCUT2D eigenvalue weighted by molar-refractivity contribution is 5.92. The Morgan fingerprint density at radius 2 is 2.13 bits per heavy atom. The average Bonchev–Trinajstić information content (AvgIpc) is 3.44. The summed E-state index contributed by atoms with van der Waals surface area (Å²) in [6.07, 6.45) is -3.14. The highest BCUT2D eigenvalue weighted by atomic mass is 19.4. The lowest BCUT2D eigenvalue weighted by Crippen LogP contribution is -2.38. The Hall–Kier alpha value is -2.52. The maximum Gasteiger partial charge on any atom is 0.410 e. The van der Waals surface area contributed by atoms with Crippen LogP contribution in [0.5, 0.6) is 0 Å². The average molecular weight is 425 g/mol. The van der Waals surface area contributed by atoms with Gasteiger partial charge in [-0.25, -0.2) is 4.68 Å². The van der Waals surface area contributed by atoms with Crippen LogP contribution in [0.3, 0.4) is 0 Å². The molecule has 1 N–H and O–H groups in total. The minimum absolute atomic E-state index is 0.0340. The fourth-order valence-corrected chi connectivity index (χ4v) is 4.15. The maximum absolute atomic E-state index is 13.6. The summed E-state index contributed by atoms with van der Waals surface area (Å²) in [5.41, 5.74) is 0.842. The molecule has 10 heteroatoms. The first-order valence-corrected chi connectivity index (χ1v) is 10.4. The number of anilines is 1. The third-order valence-corrected chi connectivity index (χ3v) is 5.99. The molecule has 0 spiro atoms. The molecule has 1 fully saturated rings. The number of amides is 1. The highest BCUT2D eigenvalue weighted by Crippen LogP contribution is 2.41. The van der Waals surface area contributed by atoms with Crippen LogP contribution in [0.1, 0.15) is 79.9 Å². The van der Waals surface area contributed by atoms with Crippen LogP contribution in [-0.4, -0.2) is 51.1 Å². The summed E-state index contributed by atoms with van der Waals surface area (Å²) >= 11 is 0. The van der Waals surface area contributed by atoms with E-state index >= 15 is 0 Å². The number of carbonyl (C=O) groups excluding carboxylic acids is 1. The van der Waals surface area contributed by atoms with Gasteiger partial charge in [-0.05, 0) is 19.3 Å². The minimum atomic E-state index is -4.35. The van der Waals surface area contributed by atoms with Crippen molar-refractivity contribution < 1.29 is 22.5 Å². The monoisotopic (exact) mass is 425 g/mol. The molecule has 2 aliphatic rings. The van der Waals surface area contributed by atoms with E-state index in [1.54, 1.807) is 17.0 Å². The fraction of sp³-hybridized carbons (Fsp3) is 0.650. The third-order valence-electron chi connectivity index (χ3n) is 5.99. The molecular formula is C20H26F3N5O2. The molecule has 2 aliphatic heterocycles. The second-order valence-electron chi connectivity index (χ2n) is 8.45. The summed E-state index contributed by atoms with van der Waals surface area (Å²) in [6, 6.07) is 1.48. The van der Waals surface area contributed by atoms with E-state index in [1.807, 2.05) is 20.8 Å². The second-order valence-corrected chi connectivity index (χ2v) is 8.45. The molecule has 0 aromatic carbocycles. The molecule has 1 saturated heterocycles. The number of carbonyl (C=O) groups is 1. The quantitative estimate of drug-likeness (QED) is 0.790. The van der Waals surface area contributed by atoms with Crippen LogP contribution in [0.4, 0.5) is 19.0 Å². The van der Waals surface area contributed by atoms with E-state index in [2.05, 4.69) is 15.6 Å². The Bertz CT molecular complexity index is 920. The van der Waals surface area contributed by atoms with E-state index in [1.165, 1.54) is 0 Å². The third kappa shape index (κ3) is 3.79. The molecule has 164 valence electrons. The Labute approximate surface area is 172 Å². The van der Waals surface area contributed by atoms with Gasteiger partial charge in [0.1, 0.15) is 11.6 Å². The summed E-state index contributed by atoms with van der Waals surface area (Å²) in [5, 5.41) is 11.3. The molecular weight excluding hydrogens is 399 g/mol. The number of halogens is 3. The Kier molecular flexibility index (Phi) is 5.27. The van der Waals surface area contributed by atoms with E-state index in [4.69, 9.17) is 4.52 Å². The maximum atomic E-state index is 13.6. The van der Waals surface area contributed by atoms with Crippen LogP contribution in [-0.2, 0) is 0 Å². The summed E-state index contributed by atoms with van der Waals surface area (Å²) in [7, 11) is 0. The predicted molar refractivity (Wildman–Crippen MR) is 103 cm³/mol. The summed E-state index contributed by atoms with van der Waals surface area (Å²) in [6.45, 7) is 6.67. The topological polar surface area (TPSA) is 76.2 Å². The van der Waals surface area contributed by atoms with Crippen molar-refractivity contribution >= 4 is 11.7 Å². The molecule has 1 amide bonds. The zero-order valence-electron chi connectivity index (χ0n) is 17.2. The molecule has 0 saturated carbocycles. The zero-order valence-corrected chi connectivity index (χ0v) is 17.2. The van der Waals surface area contributed by atoms with Crippen molar-refractivity contribution in [3.63, 3.8) is 0 Å². The number of likely N-dealkylation sites (tertiary alicyclic amines) is 1. The minimum Gasteiger partial charge on any atom is -0.367 e. The summed E-state index contributed by atoms with van der Waals surface area (Å²) < 4.78 is 47.0. The number of alkyl halides is 3. The molecule has 0 radical (unpaired) electrons. The number of nitrogens with zero attached hydrogens (tertiary/aromatic N) is 4. The smallest absolute Gasteiger partial charge is 0.367 e. The van der Waals surface area contributed by atoms with Crippen molar-refractivity contribution in [1.29, 1.82) is 0 Å². The standard InChI is InChI=1S/C20H26F3N5O2/c1-4-13-7-17(20(21,22)23)28-18(24-13)9-14(25-28)12-5-6-27(10-12)19(29)15-8-16(11(2)3)30-26-15/h8-9,11-13,17,24H,4-7,10H2,1-3H3/t12?,13-,17-/m1/s1. The largest absolute Gasteiger partial charge is 0.410 e. The molecule has 4 rings (SSSR count). The summed E-state index contributed by atoms with van der Waals surface area (Å²) in [4.78, 5) is 14.4. The van der Waals surface area contributed by atoms with Gasteiger partial charge in [0.05, 0.1) is 5.69 Å². The Balaban J connectivity index is 1.51. The van der Waals surface area contributed by atoms with Gasteiger partial charge >= 0.3 is 6.18 Å². The van der Waals surface area contributed by atoms with E-state index in [-0.39, 0.29) is 35.9 Å².